The maximum atomic E-state index is 13.1. The number of hydrogen-bond acceptors (Lipinski definition) is 2. The minimum absolute atomic E-state index is 0.0597. The van der Waals surface area contributed by atoms with Crippen LogP contribution in [0, 0.1) is 11.3 Å². The van der Waals surface area contributed by atoms with Crippen LogP contribution in [0.5, 0.6) is 0 Å². The number of carbonyl (C=O) groups is 1. The van der Waals surface area contributed by atoms with Gasteiger partial charge in [-0.1, -0.05) is 12.1 Å². The van der Waals surface area contributed by atoms with Crippen molar-refractivity contribution in [2.45, 2.75) is 64.7 Å². The molecule has 0 saturated carbocycles. The highest BCUT2D eigenvalue weighted by Gasteiger charge is 2.37. The van der Waals surface area contributed by atoms with Crippen LogP contribution in [-0.4, -0.2) is 55.1 Å². The highest BCUT2D eigenvalue weighted by molar-refractivity contribution is 5.80. The number of quaternary nitrogens is 2. The molecule has 1 aromatic carbocycles. The first-order valence-corrected chi connectivity index (χ1v) is 10.5. The summed E-state index contributed by atoms with van der Waals surface area (Å²) in [6.07, 6.45) is 3.52. The fourth-order valence-corrected chi connectivity index (χ4v) is 4.77. The van der Waals surface area contributed by atoms with Gasteiger partial charge in [-0.15, -0.1) is 0 Å². The molecule has 2 fully saturated rings. The molecule has 3 atom stereocenters. The summed E-state index contributed by atoms with van der Waals surface area (Å²) in [5.41, 5.74) is 2.00. The number of piperidine rings is 1. The Bertz CT molecular complexity index is 663. The van der Waals surface area contributed by atoms with Crippen molar-refractivity contribution in [3.63, 3.8) is 0 Å². The van der Waals surface area contributed by atoms with Crippen LogP contribution in [0.15, 0.2) is 24.3 Å². The SMILES string of the molecule is C[C@H](C(=O)N1[C@@H](C)CCC[C@@H]1C)[NH+]1CC[NH+](Cc2ccc(C#N)cc2)CC1. The van der Waals surface area contributed by atoms with Crippen LogP contribution in [0.2, 0.25) is 0 Å². The number of likely N-dealkylation sites (tertiary alicyclic amines) is 1. The number of benzene rings is 1. The van der Waals surface area contributed by atoms with E-state index < -0.39 is 0 Å². The Balaban J connectivity index is 1.52. The number of nitriles is 1. The third-order valence-corrected chi connectivity index (χ3v) is 6.57. The molecule has 27 heavy (non-hydrogen) atoms. The Labute approximate surface area is 163 Å². The van der Waals surface area contributed by atoms with Crippen molar-refractivity contribution in [2.75, 3.05) is 26.2 Å². The Morgan fingerprint density at radius 1 is 1.15 bits per heavy atom. The van der Waals surface area contributed by atoms with Crippen molar-refractivity contribution in [3.8, 4) is 6.07 Å². The number of amides is 1. The lowest BCUT2D eigenvalue weighted by Gasteiger charge is -2.42. The molecule has 5 heteroatoms. The number of nitrogens with one attached hydrogen (secondary N) is 2. The van der Waals surface area contributed by atoms with Gasteiger partial charge in [-0.2, -0.15) is 5.26 Å². The summed E-state index contributed by atoms with van der Waals surface area (Å²) in [6.45, 7) is 11.8. The van der Waals surface area contributed by atoms with Crippen LogP contribution < -0.4 is 9.80 Å². The van der Waals surface area contributed by atoms with Crippen LogP contribution in [0.1, 0.15) is 51.2 Å². The van der Waals surface area contributed by atoms with E-state index in [9.17, 15) is 4.79 Å². The highest BCUT2D eigenvalue weighted by Crippen LogP contribution is 2.22. The summed E-state index contributed by atoms with van der Waals surface area (Å²) in [7, 11) is 0. The molecule has 5 nitrogen and oxygen atoms in total. The molecule has 1 amide bonds. The molecule has 0 bridgehead atoms. The Morgan fingerprint density at radius 2 is 1.74 bits per heavy atom. The van der Waals surface area contributed by atoms with E-state index in [1.54, 1.807) is 4.90 Å². The zero-order chi connectivity index (χ0) is 19.4. The molecular weight excluding hydrogens is 336 g/mol. The Morgan fingerprint density at radius 3 is 2.30 bits per heavy atom. The second-order valence-corrected chi connectivity index (χ2v) is 8.49. The zero-order valence-electron chi connectivity index (χ0n) is 17.0. The van der Waals surface area contributed by atoms with Gasteiger partial charge in [0.15, 0.2) is 6.04 Å². The smallest absolute Gasteiger partial charge is 0.281 e. The molecule has 1 aromatic rings. The molecule has 2 aliphatic heterocycles. The minimum Gasteiger partial charge on any atom is -0.332 e. The summed E-state index contributed by atoms with van der Waals surface area (Å²) in [5.74, 6) is 0.347. The minimum atomic E-state index is 0.0597. The first-order valence-electron chi connectivity index (χ1n) is 10.5. The molecule has 2 saturated heterocycles. The monoisotopic (exact) mass is 370 g/mol. The van der Waals surface area contributed by atoms with Gasteiger partial charge in [-0.25, -0.2) is 0 Å². The number of nitrogens with zero attached hydrogens (tertiary/aromatic N) is 2. The number of hydrogen-bond donors (Lipinski definition) is 2. The molecule has 0 unspecified atom stereocenters. The number of piperazine rings is 1. The average molecular weight is 371 g/mol. The van der Waals surface area contributed by atoms with Gasteiger partial charge in [-0.05, 0) is 52.2 Å². The van der Waals surface area contributed by atoms with Gasteiger partial charge in [0.2, 0.25) is 0 Å². The first-order chi connectivity index (χ1) is 13.0. The first kappa shape index (κ1) is 19.9. The van der Waals surface area contributed by atoms with E-state index in [0.29, 0.717) is 18.0 Å². The quantitative estimate of drug-likeness (QED) is 0.785. The van der Waals surface area contributed by atoms with Gasteiger partial charge < -0.3 is 14.7 Å². The molecule has 2 aliphatic rings. The van der Waals surface area contributed by atoms with Crippen molar-refractivity contribution >= 4 is 5.91 Å². The fraction of sp³-hybridized carbons (Fsp3) is 0.636. The van der Waals surface area contributed by atoms with E-state index >= 15 is 0 Å². The maximum absolute atomic E-state index is 13.1. The number of rotatable bonds is 4. The largest absolute Gasteiger partial charge is 0.332 e. The normalized spacial score (nSPS) is 29.8. The molecule has 0 aliphatic carbocycles. The zero-order valence-corrected chi connectivity index (χ0v) is 17.0. The lowest BCUT2D eigenvalue weighted by molar-refractivity contribution is -1.02. The van der Waals surface area contributed by atoms with Gasteiger partial charge in [0.25, 0.3) is 5.91 Å². The highest BCUT2D eigenvalue weighted by atomic mass is 16.2. The van der Waals surface area contributed by atoms with Crippen molar-refractivity contribution in [2.24, 2.45) is 0 Å². The van der Waals surface area contributed by atoms with Gasteiger partial charge >= 0.3 is 0 Å². The summed E-state index contributed by atoms with van der Waals surface area (Å²) >= 11 is 0. The predicted molar refractivity (Wildman–Crippen MR) is 105 cm³/mol. The third kappa shape index (κ3) is 4.69. The van der Waals surface area contributed by atoms with Gasteiger partial charge in [-0.3, -0.25) is 4.79 Å². The summed E-state index contributed by atoms with van der Waals surface area (Å²) < 4.78 is 0. The third-order valence-electron chi connectivity index (χ3n) is 6.57. The number of carbonyl (C=O) groups excluding carboxylic acids is 1. The Hall–Kier alpha value is -1.90. The average Bonchev–Trinajstić information content (AvgIpc) is 2.68. The van der Waals surface area contributed by atoms with Crippen LogP contribution >= 0.6 is 0 Å². The fourth-order valence-electron chi connectivity index (χ4n) is 4.77. The second kappa shape index (κ2) is 8.86. The van der Waals surface area contributed by atoms with Crippen LogP contribution in [0.3, 0.4) is 0 Å². The molecule has 2 heterocycles. The molecule has 2 N–H and O–H groups in total. The van der Waals surface area contributed by atoms with Crippen molar-refractivity contribution in [1.82, 2.24) is 4.90 Å². The van der Waals surface area contributed by atoms with Gasteiger partial charge in [0, 0.05) is 17.6 Å². The van der Waals surface area contributed by atoms with E-state index in [2.05, 4.69) is 43.9 Å². The van der Waals surface area contributed by atoms with Gasteiger partial charge in [0.05, 0.1) is 11.6 Å². The maximum Gasteiger partial charge on any atom is 0.281 e. The van der Waals surface area contributed by atoms with Crippen molar-refractivity contribution < 1.29 is 14.6 Å². The molecule has 0 spiro atoms. The van der Waals surface area contributed by atoms with E-state index in [1.165, 1.54) is 16.9 Å². The predicted octanol–water partition coefficient (Wildman–Crippen LogP) is 0.0197. The topological polar surface area (TPSA) is 53.0 Å². The van der Waals surface area contributed by atoms with E-state index in [0.717, 1.165) is 51.1 Å². The van der Waals surface area contributed by atoms with E-state index in [-0.39, 0.29) is 6.04 Å². The molecule has 3 rings (SSSR count). The molecule has 146 valence electrons. The molecule has 0 aromatic heterocycles. The molecular formula is C22H34N4O+2. The van der Waals surface area contributed by atoms with E-state index in [4.69, 9.17) is 5.26 Å². The lowest BCUT2D eigenvalue weighted by Crippen LogP contribution is -3.29. The van der Waals surface area contributed by atoms with Crippen LogP contribution in [0.25, 0.3) is 0 Å². The van der Waals surface area contributed by atoms with Crippen molar-refractivity contribution in [3.05, 3.63) is 35.4 Å². The van der Waals surface area contributed by atoms with Crippen LogP contribution in [-0.2, 0) is 11.3 Å². The lowest BCUT2D eigenvalue weighted by atomic mass is 9.96. The van der Waals surface area contributed by atoms with Gasteiger partial charge in [0.1, 0.15) is 32.7 Å². The van der Waals surface area contributed by atoms with Crippen LogP contribution in [0.4, 0.5) is 0 Å². The summed E-state index contributed by atoms with van der Waals surface area (Å²) in [4.78, 5) is 18.3. The summed E-state index contributed by atoms with van der Waals surface area (Å²) in [6, 6.07) is 10.9. The standard InChI is InChI=1S/C22H32N4O/c1-17-5-4-6-18(2)26(17)22(27)19(3)25-13-11-24(12-14-25)16-21-9-7-20(15-23)8-10-21/h7-10,17-19H,4-6,11-14,16H2,1-3H3/p+2/t17-,18-,19+/m0/s1. The summed E-state index contributed by atoms with van der Waals surface area (Å²) in [5, 5.41) is 8.91. The Kier molecular flexibility index (Phi) is 6.51. The second-order valence-electron chi connectivity index (χ2n) is 8.49. The van der Waals surface area contributed by atoms with E-state index in [1.807, 2.05) is 12.1 Å². The molecule has 0 radical (unpaired) electrons. The van der Waals surface area contributed by atoms with Crippen molar-refractivity contribution in [1.29, 1.82) is 5.26 Å².